The van der Waals surface area contributed by atoms with E-state index in [4.69, 9.17) is 0 Å². The molecule has 2 atom stereocenters. The summed E-state index contributed by atoms with van der Waals surface area (Å²) in [6.07, 6.45) is 0.618. The van der Waals surface area contributed by atoms with Gasteiger partial charge in [-0.05, 0) is 17.4 Å². The largest absolute Gasteiger partial charge is 0.342 e. The molecule has 1 fully saturated rings. The monoisotopic (exact) mass is 288 g/mol. The van der Waals surface area contributed by atoms with Gasteiger partial charge in [-0.3, -0.25) is 9.59 Å². The minimum absolute atomic E-state index is 0.0147. The number of carbonyl (C=O) groups is 2. The highest BCUT2D eigenvalue weighted by molar-refractivity contribution is 5.97. The topological polar surface area (TPSA) is 49.4 Å². The molecule has 1 N–H and O–H groups in total. The van der Waals surface area contributed by atoms with E-state index in [1.165, 1.54) is 0 Å². The minimum Gasteiger partial charge on any atom is -0.342 e. The van der Waals surface area contributed by atoms with Gasteiger partial charge in [-0.15, -0.1) is 0 Å². The quantitative estimate of drug-likeness (QED) is 0.928. The number of hydrogen-bond acceptors (Lipinski definition) is 2. The highest BCUT2D eigenvalue weighted by atomic mass is 16.2. The SMILES string of the molecule is CCC1NC(=O)C(C(C)(C)C)N(Cc2ccccc2)C1=O. The molecule has 1 saturated heterocycles. The van der Waals surface area contributed by atoms with Gasteiger partial charge in [0.1, 0.15) is 12.1 Å². The van der Waals surface area contributed by atoms with Crippen molar-refractivity contribution in [1.82, 2.24) is 10.2 Å². The van der Waals surface area contributed by atoms with Crippen molar-refractivity contribution in [3.63, 3.8) is 0 Å². The first-order valence-electron chi connectivity index (χ1n) is 7.49. The van der Waals surface area contributed by atoms with Gasteiger partial charge in [-0.2, -0.15) is 0 Å². The van der Waals surface area contributed by atoms with Crippen molar-refractivity contribution in [1.29, 1.82) is 0 Å². The molecule has 1 aliphatic rings. The standard InChI is InChI=1S/C17H24N2O2/c1-5-13-16(21)19(11-12-9-7-6-8-10-12)14(15(20)18-13)17(2,3)4/h6-10,13-14H,5,11H2,1-4H3,(H,18,20). The smallest absolute Gasteiger partial charge is 0.246 e. The molecule has 0 aliphatic carbocycles. The molecule has 0 saturated carbocycles. The third-order valence-electron chi connectivity index (χ3n) is 3.88. The van der Waals surface area contributed by atoms with Crippen LogP contribution in [0, 0.1) is 5.41 Å². The summed E-state index contributed by atoms with van der Waals surface area (Å²) in [6.45, 7) is 8.38. The molecule has 2 amide bonds. The number of hydrogen-bond donors (Lipinski definition) is 1. The number of piperazine rings is 1. The zero-order valence-electron chi connectivity index (χ0n) is 13.2. The van der Waals surface area contributed by atoms with Crippen molar-refractivity contribution in [2.75, 3.05) is 0 Å². The first kappa shape index (κ1) is 15.5. The van der Waals surface area contributed by atoms with Gasteiger partial charge in [0.15, 0.2) is 0 Å². The Bertz CT molecular complexity index is 519. The number of carbonyl (C=O) groups excluding carboxylic acids is 2. The molecule has 4 nitrogen and oxygen atoms in total. The Labute approximate surface area is 126 Å². The van der Waals surface area contributed by atoms with E-state index in [-0.39, 0.29) is 17.2 Å². The lowest BCUT2D eigenvalue weighted by Crippen LogP contribution is -2.66. The van der Waals surface area contributed by atoms with Crippen LogP contribution in [0.4, 0.5) is 0 Å². The molecule has 2 unspecified atom stereocenters. The van der Waals surface area contributed by atoms with Crippen LogP contribution in [0.25, 0.3) is 0 Å². The van der Waals surface area contributed by atoms with Crippen LogP contribution >= 0.6 is 0 Å². The lowest BCUT2D eigenvalue weighted by atomic mass is 9.82. The summed E-state index contributed by atoms with van der Waals surface area (Å²) in [5, 5.41) is 2.86. The van der Waals surface area contributed by atoms with Crippen LogP contribution in [-0.4, -0.2) is 28.8 Å². The van der Waals surface area contributed by atoms with E-state index in [9.17, 15) is 9.59 Å². The Morgan fingerprint density at radius 3 is 2.29 bits per heavy atom. The van der Waals surface area contributed by atoms with Crippen LogP contribution in [0.3, 0.4) is 0 Å². The first-order valence-corrected chi connectivity index (χ1v) is 7.49. The van der Waals surface area contributed by atoms with E-state index in [2.05, 4.69) is 5.32 Å². The molecular formula is C17H24N2O2. The lowest BCUT2D eigenvalue weighted by Gasteiger charge is -2.44. The summed E-state index contributed by atoms with van der Waals surface area (Å²) in [4.78, 5) is 26.9. The number of nitrogens with one attached hydrogen (secondary N) is 1. The van der Waals surface area contributed by atoms with Gasteiger partial charge >= 0.3 is 0 Å². The Morgan fingerprint density at radius 1 is 1.14 bits per heavy atom. The maximum Gasteiger partial charge on any atom is 0.246 e. The molecule has 1 heterocycles. The van der Waals surface area contributed by atoms with Crippen LogP contribution < -0.4 is 5.32 Å². The molecule has 21 heavy (non-hydrogen) atoms. The summed E-state index contributed by atoms with van der Waals surface area (Å²) in [5.41, 5.74) is 0.748. The minimum atomic E-state index is -0.437. The van der Waals surface area contributed by atoms with Crippen LogP contribution in [-0.2, 0) is 16.1 Å². The van der Waals surface area contributed by atoms with Crippen LogP contribution in [0.1, 0.15) is 39.7 Å². The second-order valence-corrected chi connectivity index (χ2v) is 6.69. The summed E-state index contributed by atoms with van der Waals surface area (Å²) in [5.74, 6) is -0.0363. The predicted octanol–water partition coefficient (Wildman–Crippen LogP) is 2.34. The third-order valence-corrected chi connectivity index (χ3v) is 3.88. The fourth-order valence-electron chi connectivity index (χ4n) is 2.87. The van der Waals surface area contributed by atoms with E-state index in [0.29, 0.717) is 13.0 Å². The van der Waals surface area contributed by atoms with Gasteiger partial charge in [-0.1, -0.05) is 58.0 Å². The first-order chi connectivity index (χ1) is 9.84. The maximum absolute atomic E-state index is 12.7. The van der Waals surface area contributed by atoms with E-state index < -0.39 is 12.1 Å². The fourth-order valence-corrected chi connectivity index (χ4v) is 2.87. The summed E-state index contributed by atoms with van der Waals surface area (Å²) in [7, 11) is 0. The van der Waals surface area contributed by atoms with Gasteiger partial charge in [0.05, 0.1) is 0 Å². The normalized spacial score (nSPS) is 23.1. The zero-order valence-corrected chi connectivity index (χ0v) is 13.2. The van der Waals surface area contributed by atoms with Gasteiger partial charge in [0.25, 0.3) is 0 Å². The number of nitrogens with zero attached hydrogens (tertiary/aromatic N) is 1. The van der Waals surface area contributed by atoms with E-state index >= 15 is 0 Å². The highest BCUT2D eigenvalue weighted by Gasteiger charge is 2.45. The van der Waals surface area contributed by atoms with Gasteiger partial charge in [0.2, 0.25) is 11.8 Å². The molecule has 2 rings (SSSR count). The van der Waals surface area contributed by atoms with E-state index in [1.54, 1.807) is 4.90 Å². The molecular weight excluding hydrogens is 264 g/mol. The molecule has 0 bridgehead atoms. The van der Waals surface area contributed by atoms with E-state index in [1.807, 2.05) is 58.0 Å². The summed E-state index contributed by atoms with van der Waals surface area (Å²) < 4.78 is 0. The fraction of sp³-hybridized carbons (Fsp3) is 0.529. The van der Waals surface area contributed by atoms with Crippen molar-refractivity contribution in [2.24, 2.45) is 5.41 Å². The Balaban J connectivity index is 2.34. The highest BCUT2D eigenvalue weighted by Crippen LogP contribution is 2.29. The molecule has 1 aromatic rings. The van der Waals surface area contributed by atoms with Crippen LogP contribution in [0.15, 0.2) is 30.3 Å². The molecule has 114 valence electrons. The summed E-state index contributed by atoms with van der Waals surface area (Å²) in [6, 6.07) is 8.99. The van der Waals surface area contributed by atoms with Crippen molar-refractivity contribution in [3.05, 3.63) is 35.9 Å². The average Bonchev–Trinajstić information content (AvgIpc) is 2.42. The molecule has 0 aromatic heterocycles. The van der Waals surface area contributed by atoms with Crippen molar-refractivity contribution in [2.45, 2.75) is 52.7 Å². The number of benzene rings is 1. The number of rotatable bonds is 3. The van der Waals surface area contributed by atoms with Crippen LogP contribution in [0.2, 0.25) is 0 Å². The van der Waals surface area contributed by atoms with Gasteiger partial charge < -0.3 is 10.2 Å². The Morgan fingerprint density at radius 2 is 1.76 bits per heavy atom. The Hall–Kier alpha value is -1.84. The van der Waals surface area contributed by atoms with Crippen molar-refractivity contribution < 1.29 is 9.59 Å². The van der Waals surface area contributed by atoms with Crippen molar-refractivity contribution in [3.8, 4) is 0 Å². The zero-order chi connectivity index (χ0) is 15.6. The molecule has 1 aliphatic heterocycles. The van der Waals surface area contributed by atoms with Gasteiger partial charge in [0, 0.05) is 6.54 Å². The average molecular weight is 288 g/mol. The third kappa shape index (κ3) is 3.26. The lowest BCUT2D eigenvalue weighted by molar-refractivity contribution is -0.154. The predicted molar refractivity (Wildman–Crippen MR) is 82.5 cm³/mol. The molecule has 1 aromatic carbocycles. The molecule has 4 heteroatoms. The second-order valence-electron chi connectivity index (χ2n) is 6.69. The summed E-state index contributed by atoms with van der Waals surface area (Å²) >= 11 is 0. The van der Waals surface area contributed by atoms with E-state index in [0.717, 1.165) is 5.56 Å². The Kier molecular flexibility index (Phi) is 4.35. The van der Waals surface area contributed by atoms with Crippen LogP contribution in [0.5, 0.6) is 0 Å². The second kappa shape index (κ2) is 5.88. The molecule has 0 spiro atoms. The molecule has 0 radical (unpaired) electrons. The number of amides is 2. The van der Waals surface area contributed by atoms with Gasteiger partial charge in [-0.25, -0.2) is 0 Å². The maximum atomic E-state index is 12.7. The van der Waals surface area contributed by atoms with Crippen molar-refractivity contribution >= 4 is 11.8 Å².